The van der Waals surface area contributed by atoms with E-state index in [9.17, 15) is 9.18 Å². The van der Waals surface area contributed by atoms with Gasteiger partial charge in [0.1, 0.15) is 28.8 Å². The lowest BCUT2D eigenvalue weighted by Gasteiger charge is -2.08. The second-order valence-electron chi connectivity index (χ2n) is 7.77. The zero-order chi connectivity index (χ0) is 21.4. The Morgan fingerprint density at radius 1 is 1.19 bits per heavy atom. The molecule has 31 heavy (non-hydrogen) atoms. The monoisotopic (exact) mass is 420 g/mol. The number of rotatable bonds is 6. The Morgan fingerprint density at radius 3 is 2.77 bits per heavy atom. The van der Waals surface area contributed by atoms with Crippen LogP contribution >= 0.6 is 0 Å². The van der Waals surface area contributed by atoms with Crippen molar-refractivity contribution >= 4 is 28.6 Å². The van der Waals surface area contributed by atoms with Crippen LogP contribution in [0.25, 0.3) is 11.2 Å². The molecule has 1 aliphatic rings. The number of anilines is 2. The number of nitrogens with two attached hydrogens (primary N) is 1. The number of benzene rings is 1. The van der Waals surface area contributed by atoms with Crippen molar-refractivity contribution in [3.8, 4) is 0 Å². The Kier molecular flexibility index (Phi) is 4.81. The molecule has 0 aliphatic heterocycles. The van der Waals surface area contributed by atoms with Crippen molar-refractivity contribution < 1.29 is 9.18 Å². The molecule has 4 aromatic rings. The van der Waals surface area contributed by atoms with Crippen molar-refractivity contribution in [3.05, 3.63) is 59.2 Å². The van der Waals surface area contributed by atoms with Crippen LogP contribution in [0.4, 0.5) is 15.9 Å². The highest BCUT2D eigenvalue weighted by Gasteiger charge is 2.23. The van der Waals surface area contributed by atoms with Gasteiger partial charge in [-0.05, 0) is 36.6 Å². The summed E-state index contributed by atoms with van der Waals surface area (Å²) in [4.78, 5) is 28.7. The number of aromatic amines is 2. The van der Waals surface area contributed by atoms with E-state index in [-0.39, 0.29) is 12.1 Å². The smallest absolute Gasteiger partial charge is 0.269 e. The average molecular weight is 420 g/mol. The maximum Gasteiger partial charge on any atom is 0.269 e. The Hall–Kier alpha value is -3.82. The average Bonchev–Trinajstić information content (AvgIpc) is 3.48. The van der Waals surface area contributed by atoms with E-state index in [1.807, 2.05) is 0 Å². The quantitative estimate of drug-likeness (QED) is 0.377. The van der Waals surface area contributed by atoms with Crippen LogP contribution in [0.5, 0.6) is 0 Å². The molecule has 9 nitrogen and oxygen atoms in total. The molecule has 0 radical (unpaired) electrons. The highest BCUT2D eigenvalue weighted by Crippen LogP contribution is 2.33. The fraction of sp³-hybridized carbons (Fsp3) is 0.286. The van der Waals surface area contributed by atoms with Crippen molar-refractivity contribution in [2.75, 3.05) is 5.32 Å². The minimum absolute atomic E-state index is 0.101. The summed E-state index contributed by atoms with van der Waals surface area (Å²) in [5.74, 6) is 1.08. The van der Waals surface area contributed by atoms with E-state index in [0.29, 0.717) is 40.0 Å². The molecule has 1 aromatic carbocycles. The number of carbonyl (C=O) groups excluding carboxylic acids is 1. The van der Waals surface area contributed by atoms with Gasteiger partial charge in [-0.25, -0.2) is 19.3 Å². The van der Waals surface area contributed by atoms with E-state index < -0.39 is 11.7 Å². The summed E-state index contributed by atoms with van der Waals surface area (Å²) in [5.41, 5.74) is 7.74. The molecule has 3 aromatic heterocycles. The molecule has 5 rings (SSSR count). The number of fused-ring (bicyclic) bond motifs is 1. The predicted octanol–water partition coefficient (Wildman–Crippen LogP) is 3.31. The standard InChI is InChI=1S/C21H21FN8O/c22-13-7-11(8-14(10-13)25-15-5-6-24-30-15)9-16-26-17(19(23)31)18-21(27-16)29-20(28-18)12-3-1-2-4-12/h5-8,10,12H,1-4,9H2,(H2,23,31)(H2,24,25,30)(H,26,27,28,29). The Morgan fingerprint density at radius 2 is 2.03 bits per heavy atom. The molecule has 5 N–H and O–H groups in total. The largest absolute Gasteiger partial charge is 0.364 e. The van der Waals surface area contributed by atoms with Crippen molar-refractivity contribution in [1.82, 2.24) is 30.1 Å². The number of imidazole rings is 1. The van der Waals surface area contributed by atoms with Gasteiger partial charge in [0.15, 0.2) is 11.3 Å². The normalized spacial score (nSPS) is 14.4. The fourth-order valence-electron chi connectivity index (χ4n) is 4.10. The van der Waals surface area contributed by atoms with Gasteiger partial charge in [-0.3, -0.25) is 9.89 Å². The Bertz CT molecular complexity index is 1240. The maximum absolute atomic E-state index is 14.2. The maximum atomic E-state index is 14.2. The Balaban J connectivity index is 1.48. The molecule has 0 atom stereocenters. The number of H-pyrrole nitrogens is 2. The zero-order valence-corrected chi connectivity index (χ0v) is 16.7. The summed E-state index contributed by atoms with van der Waals surface area (Å²) < 4.78 is 14.2. The van der Waals surface area contributed by atoms with Gasteiger partial charge in [0.2, 0.25) is 0 Å². The number of hydrogen-bond acceptors (Lipinski definition) is 6. The van der Waals surface area contributed by atoms with Crippen LogP contribution in [0, 0.1) is 5.82 Å². The van der Waals surface area contributed by atoms with Crippen LogP contribution in [0.1, 0.15) is 59.3 Å². The van der Waals surface area contributed by atoms with E-state index >= 15 is 0 Å². The number of primary amides is 1. The van der Waals surface area contributed by atoms with Crippen molar-refractivity contribution in [3.63, 3.8) is 0 Å². The molecule has 1 saturated carbocycles. The number of amides is 1. The van der Waals surface area contributed by atoms with Crippen LogP contribution in [0.3, 0.4) is 0 Å². The number of aromatic nitrogens is 6. The summed E-state index contributed by atoms with van der Waals surface area (Å²) in [6.45, 7) is 0. The van der Waals surface area contributed by atoms with E-state index in [1.54, 1.807) is 18.3 Å². The first-order valence-corrected chi connectivity index (χ1v) is 10.2. The molecule has 3 heterocycles. The van der Waals surface area contributed by atoms with E-state index in [2.05, 4.69) is 35.5 Å². The molecule has 0 unspecified atom stereocenters. The van der Waals surface area contributed by atoms with Gasteiger partial charge in [-0.1, -0.05) is 12.8 Å². The van der Waals surface area contributed by atoms with Crippen LogP contribution in [0.2, 0.25) is 0 Å². The summed E-state index contributed by atoms with van der Waals surface area (Å²) in [6, 6.07) is 6.31. The van der Waals surface area contributed by atoms with Crippen molar-refractivity contribution in [2.24, 2.45) is 5.73 Å². The zero-order valence-electron chi connectivity index (χ0n) is 16.7. The van der Waals surface area contributed by atoms with Crippen LogP contribution in [0.15, 0.2) is 30.5 Å². The third-order valence-corrected chi connectivity index (χ3v) is 5.49. The summed E-state index contributed by atoms with van der Waals surface area (Å²) in [6.07, 6.45) is 6.26. The molecule has 1 amide bonds. The number of carbonyl (C=O) groups is 1. The number of nitrogens with one attached hydrogen (secondary N) is 3. The van der Waals surface area contributed by atoms with E-state index in [0.717, 1.165) is 31.5 Å². The lowest BCUT2D eigenvalue weighted by molar-refractivity contribution is 0.0996. The SMILES string of the molecule is NC(=O)c1nc(Cc2cc(F)cc(Nc3ccn[nH]3)c2)nc2nc(C3CCCC3)[nH]c12. The number of halogens is 1. The molecule has 0 saturated heterocycles. The van der Waals surface area contributed by atoms with Crippen LogP contribution < -0.4 is 11.1 Å². The lowest BCUT2D eigenvalue weighted by Crippen LogP contribution is -2.16. The molecule has 1 fully saturated rings. The van der Waals surface area contributed by atoms with Gasteiger partial charge in [-0.2, -0.15) is 5.10 Å². The fourth-order valence-corrected chi connectivity index (χ4v) is 4.10. The van der Waals surface area contributed by atoms with Gasteiger partial charge >= 0.3 is 0 Å². The molecule has 0 spiro atoms. The summed E-state index contributed by atoms with van der Waals surface area (Å²) >= 11 is 0. The van der Waals surface area contributed by atoms with E-state index in [1.165, 1.54) is 12.1 Å². The molecule has 158 valence electrons. The molecular weight excluding hydrogens is 399 g/mol. The minimum Gasteiger partial charge on any atom is -0.364 e. The second kappa shape index (κ2) is 7.78. The predicted molar refractivity (Wildman–Crippen MR) is 112 cm³/mol. The first-order chi connectivity index (χ1) is 15.0. The van der Waals surface area contributed by atoms with Gasteiger partial charge < -0.3 is 16.0 Å². The van der Waals surface area contributed by atoms with Gasteiger partial charge in [0, 0.05) is 24.1 Å². The molecule has 10 heteroatoms. The topological polar surface area (TPSA) is 138 Å². The van der Waals surface area contributed by atoms with Crippen molar-refractivity contribution in [2.45, 2.75) is 38.0 Å². The molecule has 0 bridgehead atoms. The number of hydrogen-bond donors (Lipinski definition) is 4. The van der Waals surface area contributed by atoms with Crippen LogP contribution in [-0.4, -0.2) is 36.0 Å². The first kappa shape index (κ1) is 19.2. The van der Waals surface area contributed by atoms with Gasteiger partial charge in [0.25, 0.3) is 5.91 Å². The second-order valence-corrected chi connectivity index (χ2v) is 7.77. The third kappa shape index (κ3) is 3.96. The highest BCUT2D eigenvalue weighted by atomic mass is 19.1. The van der Waals surface area contributed by atoms with Gasteiger partial charge in [-0.15, -0.1) is 0 Å². The lowest BCUT2D eigenvalue weighted by atomic mass is 10.1. The number of nitrogens with zero attached hydrogens (tertiary/aromatic N) is 4. The summed E-state index contributed by atoms with van der Waals surface area (Å²) in [5, 5.41) is 9.68. The highest BCUT2D eigenvalue weighted by molar-refractivity contribution is 6.01. The molecular formula is C21H21FN8O. The Labute approximate surface area is 176 Å². The van der Waals surface area contributed by atoms with Crippen molar-refractivity contribution in [1.29, 1.82) is 0 Å². The first-order valence-electron chi connectivity index (χ1n) is 10.2. The molecule has 1 aliphatic carbocycles. The van der Waals surface area contributed by atoms with Crippen LogP contribution in [-0.2, 0) is 6.42 Å². The minimum atomic E-state index is -0.656. The third-order valence-electron chi connectivity index (χ3n) is 5.49. The van der Waals surface area contributed by atoms with Gasteiger partial charge in [0.05, 0.1) is 6.20 Å². The van der Waals surface area contributed by atoms with E-state index in [4.69, 9.17) is 5.73 Å². The summed E-state index contributed by atoms with van der Waals surface area (Å²) in [7, 11) is 0.